The molecule has 0 bridgehead atoms. The van der Waals surface area contributed by atoms with E-state index >= 15 is 0 Å². The largest absolute Gasteiger partial charge is 0.297 e. The lowest BCUT2D eigenvalue weighted by Crippen LogP contribution is -2.33. The molecular formula is C18H25N5. The molecule has 4 rings (SSSR count). The Balaban J connectivity index is 1.36. The zero-order chi connectivity index (χ0) is 15.5. The van der Waals surface area contributed by atoms with Crippen LogP contribution in [0.2, 0.25) is 0 Å². The summed E-state index contributed by atoms with van der Waals surface area (Å²) in [6.45, 7) is 3.27. The molecule has 5 heteroatoms. The van der Waals surface area contributed by atoms with E-state index in [-0.39, 0.29) is 0 Å². The second kappa shape index (κ2) is 6.79. The van der Waals surface area contributed by atoms with Crippen molar-refractivity contribution in [3.8, 4) is 0 Å². The normalized spacial score (nSPS) is 21.0. The SMILES string of the molecule is c1cnc(C2CCN(Cc3ccnn3C3CCCC3)CC2)nc1. The molecule has 1 saturated carbocycles. The molecule has 3 heterocycles. The van der Waals surface area contributed by atoms with Gasteiger partial charge < -0.3 is 0 Å². The summed E-state index contributed by atoms with van der Waals surface area (Å²) in [5.74, 6) is 1.54. The van der Waals surface area contributed by atoms with E-state index in [0.717, 1.165) is 38.3 Å². The molecule has 0 unspecified atom stereocenters. The number of piperidine rings is 1. The van der Waals surface area contributed by atoms with Crippen molar-refractivity contribution >= 4 is 0 Å². The van der Waals surface area contributed by atoms with Crippen LogP contribution in [0.5, 0.6) is 0 Å². The number of rotatable bonds is 4. The van der Waals surface area contributed by atoms with E-state index in [0.29, 0.717) is 12.0 Å². The molecule has 0 N–H and O–H groups in total. The standard InChI is InChI=1S/C18H25N5/c1-2-5-16(4-1)23-17(6-11-21-23)14-22-12-7-15(8-13-22)18-19-9-3-10-20-18/h3,6,9-11,15-16H,1-2,4-5,7-8,12-14H2. The predicted octanol–water partition coefficient (Wildman–Crippen LogP) is 3.17. The van der Waals surface area contributed by atoms with E-state index in [4.69, 9.17) is 0 Å². The zero-order valence-electron chi connectivity index (χ0n) is 13.6. The molecule has 2 aliphatic rings. The first kappa shape index (κ1) is 14.8. The van der Waals surface area contributed by atoms with E-state index < -0.39 is 0 Å². The van der Waals surface area contributed by atoms with E-state index in [9.17, 15) is 0 Å². The van der Waals surface area contributed by atoms with Crippen LogP contribution in [0, 0.1) is 0 Å². The van der Waals surface area contributed by atoms with Crippen LogP contribution in [0.1, 0.15) is 62.0 Å². The van der Waals surface area contributed by atoms with Gasteiger partial charge in [0.15, 0.2) is 0 Å². The molecule has 0 spiro atoms. The van der Waals surface area contributed by atoms with Crippen molar-refractivity contribution in [1.29, 1.82) is 0 Å². The second-order valence-electron chi connectivity index (χ2n) is 6.86. The highest BCUT2D eigenvalue weighted by Crippen LogP contribution is 2.31. The Morgan fingerprint density at radius 3 is 2.43 bits per heavy atom. The summed E-state index contributed by atoms with van der Waals surface area (Å²) < 4.78 is 2.29. The van der Waals surface area contributed by atoms with Crippen molar-refractivity contribution in [2.45, 2.75) is 57.0 Å². The van der Waals surface area contributed by atoms with Crippen molar-refractivity contribution in [3.63, 3.8) is 0 Å². The van der Waals surface area contributed by atoms with Crippen LogP contribution in [-0.4, -0.2) is 37.7 Å². The maximum Gasteiger partial charge on any atom is 0.131 e. The van der Waals surface area contributed by atoms with Crippen LogP contribution in [0.15, 0.2) is 30.7 Å². The highest BCUT2D eigenvalue weighted by Gasteiger charge is 2.24. The highest BCUT2D eigenvalue weighted by atomic mass is 15.3. The van der Waals surface area contributed by atoms with Gasteiger partial charge in [0.25, 0.3) is 0 Å². The fraction of sp³-hybridized carbons (Fsp3) is 0.611. The summed E-state index contributed by atoms with van der Waals surface area (Å²) >= 11 is 0. The van der Waals surface area contributed by atoms with Crippen molar-refractivity contribution in [2.24, 2.45) is 0 Å². The fourth-order valence-electron chi connectivity index (χ4n) is 4.04. The van der Waals surface area contributed by atoms with E-state index in [1.165, 1.54) is 31.4 Å². The molecule has 2 aromatic heterocycles. The van der Waals surface area contributed by atoms with Gasteiger partial charge in [-0.05, 0) is 50.9 Å². The third kappa shape index (κ3) is 3.29. The molecule has 5 nitrogen and oxygen atoms in total. The summed E-state index contributed by atoms with van der Waals surface area (Å²) in [5, 5.41) is 4.60. The van der Waals surface area contributed by atoms with E-state index in [2.05, 4.69) is 30.7 Å². The topological polar surface area (TPSA) is 46.8 Å². The van der Waals surface area contributed by atoms with Crippen LogP contribution < -0.4 is 0 Å². The van der Waals surface area contributed by atoms with Crippen LogP contribution in [0.25, 0.3) is 0 Å². The van der Waals surface area contributed by atoms with Gasteiger partial charge in [-0.25, -0.2) is 9.97 Å². The summed E-state index contributed by atoms with van der Waals surface area (Å²) in [6, 6.07) is 4.73. The summed E-state index contributed by atoms with van der Waals surface area (Å²) in [7, 11) is 0. The first-order valence-corrected chi connectivity index (χ1v) is 8.92. The average Bonchev–Trinajstić information content (AvgIpc) is 3.27. The van der Waals surface area contributed by atoms with Gasteiger partial charge in [0, 0.05) is 31.1 Å². The van der Waals surface area contributed by atoms with Gasteiger partial charge in [0.2, 0.25) is 0 Å². The zero-order valence-corrected chi connectivity index (χ0v) is 13.6. The summed E-state index contributed by atoms with van der Waals surface area (Å²) in [4.78, 5) is 11.4. The van der Waals surface area contributed by atoms with Gasteiger partial charge in [-0.15, -0.1) is 0 Å². The smallest absolute Gasteiger partial charge is 0.131 e. The Bertz CT molecular complexity index is 609. The molecule has 0 atom stereocenters. The monoisotopic (exact) mass is 311 g/mol. The van der Waals surface area contributed by atoms with Crippen molar-refractivity contribution < 1.29 is 0 Å². The lowest BCUT2D eigenvalue weighted by molar-refractivity contribution is 0.194. The van der Waals surface area contributed by atoms with Gasteiger partial charge in [0.05, 0.1) is 11.7 Å². The van der Waals surface area contributed by atoms with Gasteiger partial charge in [0.1, 0.15) is 5.82 Å². The van der Waals surface area contributed by atoms with Gasteiger partial charge in [-0.2, -0.15) is 5.10 Å². The predicted molar refractivity (Wildman–Crippen MR) is 89.0 cm³/mol. The van der Waals surface area contributed by atoms with E-state index in [1.807, 2.05) is 24.7 Å². The Morgan fingerprint density at radius 1 is 0.957 bits per heavy atom. The minimum absolute atomic E-state index is 0.521. The third-order valence-corrected chi connectivity index (χ3v) is 5.35. The maximum absolute atomic E-state index is 4.60. The Hall–Kier alpha value is -1.75. The first-order chi connectivity index (χ1) is 11.4. The number of likely N-dealkylation sites (tertiary alicyclic amines) is 1. The molecule has 0 aromatic carbocycles. The molecule has 1 aliphatic heterocycles. The molecule has 0 radical (unpaired) electrons. The molecule has 1 aliphatic carbocycles. The van der Waals surface area contributed by atoms with Crippen LogP contribution in [0.3, 0.4) is 0 Å². The summed E-state index contributed by atoms with van der Waals surface area (Å²) in [6.07, 6.45) is 13.3. The number of hydrogen-bond donors (Lipinski definition) is 0. The van der Waals surface area contributed by atoms with Crippen LogP contribution in [-0.2, 0) is 6.54 Å². The Morgan fingerprint density at radius 2 is 1.70 bits per heavy atom. The van der Waals surface area contributed by atoms with Crippen molar-refractivity contribution in [1.82, 2.24) is 24.6 Å². The molecular weight excluding hydrogens is 286 g/mol. The van der Waals surface area contributed by atoms with Crippen molar-refractivity contribution in [3.05, 3.63) is 42.2 Å². The quantitative estimate of drug-likeness (QED) is 0.870. The second-order valence-corrected chi connectivity index (χ2v) is 6.86. The average molecular weight is 311 g/mol. The fourth-order valence-corrected chi connectivity index (χ4v) is 4.04. The van der Waals surface area contributed by atoms with Crippen molar-refractivity contribution in [2.75, 3.05) is 13.1 Å². The molecule has 122 valence electrons. The van der Waals surface area contributed by atoms with Crippen LogP contribution >= 0.6 is 0 Å². The first-order valence-electron chi connectivity index (χ1n) is 8.92. The van der Waals surface area contributed by atoms with Gasteiger partial charge in [-0.1, -0.05) is 12.8 Å². The number of nitrogens with zero attached hydrogens (tertiary/aromatic N) is 5. The van der Waals surface area contributed by atoms with E-state index in [1.54, 1.807) is 0 Å². The highest BCUT2D eigenvalue weighted by molar-refractivity contribution is 5.04. The van der Waals surface area contributed by atoms with Crippen LogP contribution in [0.4, 0.5) is 0 Å². The third-order valence-electron chi connectivity index (χ3n) is 5.35. The molecule has 2 aromatic rings. The lowest BCUT2D eigenvalue weighted by atomic mass is 9.96. The lowest BCUT2D eigenvalue weighted by Gasteiger charge is -2.31. The molecule has 0 amide bonds. The minimum atomic E-state index is 0.521. The number of aromatic nitrogens is 4. The molecule has 23 heavy (non-hydrogen) atoms. The number of hydrogen-bond acceptors (Lipinski definition) is 4. The minimum Gasteiger partial charge on any atom is -0.297 e. The Kier molecular flexibility index (Phi) is 4.37. The summed E-state index contributed by atoms with van der Waals surface area (Å²) in [5.41, 5.74) is 1.38. The molecule has 1 saturated heterocycles. The Labute approximate surface area is 137 Å². The molecule has 2 fully saturated rings. The maximum atomic E-state index is 4.60. The van der Waals surface area contributed by atoms with Gasteiger partial charge in [-0.3, -0.25) is 9.58 Å². The van der Waals surface area contributed by atoms with Gasteiger partial charge >= 0.3 is 0 Å².